The zero-order valence-electron chi connectivity index (χ0n) is 12.5. The van der Waals surface area contributed by atoms with Crippen molar-refractivity contribution in [2.24, 2.45) is 5.41 Å². The average Bonchev–Trinajstić information content (AvgIpc) is 2.37. The van der Waals surface area contributed by atoms with Gasteiger partial charge in [0, 0.05) is 13.2 Å². The Labute approximate surface area is 122 Å². The molecule has 5 heteroatoms. The van der Waals surface area contributed by atoms with Crippen molar-refractivity contribution < 1.29 is 13.5 Å². The van der Waals surface area contributed by atoms with Crippen LogP contribution in [0.15, 0.2) is 30.3 Å². The maximum absolute atomic E-state index is 12.1. The molecule has 0 radical (unpaired) electrons. The molecule has 0 spiro atoms. The number of rotatable bonds is 8. The van der Waals surface area contributed by atoms with Gasteiger partial charge in [-0.05, 0) is 23.3 Å². The van der Waals surface area contributed by atoms with Crippen LogP contribution in [0.25, 0.3) is 0 Å². The quantitative estimate of drug-likeness (QED) is 0.772. The zero-order valence-corrected chi connectivity index (χ0v) is 13.3. The maximum atomic E-state index is 12.1. The van der Waals surface area contributed by atoms with E-state index in [0.29, 0.717) is 13.0 Å². The van der Waals surface area contributed by atoms with Crippen LogP contribution in [0.5, 0.6) is 0 Å². The van der Waals surface area contributed by atoms with Crippen LogP contribution < -0.4 is 4.72 Å². The lowest BCUT2D eigenvalue weighted by atomic mass is 9.90. The highest BCUT2D eigenvalue weighted by Crippen LogP contribution is 2.20. The summed E-state index contributed by atoms with van der Waals surface area (Å²) >= 11 is 0. The van der Waals surface area contributed by atoms with E-state index in [9.17, 15) is 8.42 Å². The van der Waals surface area contributed by atoms with Gasteiger partial charge in [-0.1, -0.05) is 51.1 Å². The lowest BCUT2D eigenvalue weighted by Gasteiger charge is -2.24. The summed E-state index contributed by atoms with van der Waals surface area (Å²) in [6.07, 6.45) is 0.573. The van der Waals surface area contributed by atoms with Crippen molar-refractivity contribution >= 4 is 10.0 Å². The first-order valence-electron chi connectivity index (χ1n) is 6.89. The van der Waals surface area contributed by atoms with Crippen LogP contribution in [0, 0.1) is 5.41 Å². The number of hydrogen-bond donors (Lipinski definition) is 2. The third-order valence-electron chi connectivity index (χ3n) is 3.40. The second-order valence-corrected chi connectivity index (χ2v) is 7.90. The molecule has 1 rings (SSSR count). The summed E-state index contributed by atoms with van der Waals surface area (Å²) in [5.74, 6) is 0.0290. The van der Waals surface area contributed by atoms with Crippen LogP contribution in [0.4, 0.5) is 0 Å². The predicted octanol–water partition coefficient (Wildman–Crippen LogP) is 2.12. The SMILES string of the molecule is CC(CS(=O)(=O)NCC(C)(C)CCO)c1ccccc1. The summed E-state index contributed by atoms with van der Waals surface area (Å²) in [5, 5.41) is 8.95. The Morgan fingerprint density at radius 3 is 2.40 bits per heavy atom. The molecule has 0 aliphatic carbocycles. The van der Waals surface area contributed by atoms with E-state index in [1.807, 2.05) is 51.1 Å². The highest BCUT2D eigenvalue weighted by Gasteiger charge is 2.22. The fourth-order valence-corrected chi connectivity index (χ4v) is 3.54. The molecule has 1 unspecified atom stereocenters. The molecule has 0 saturated heterocycles. The largest absolute Gasteiger partial charge is 0.396 e. The minimum atomic E-state index is -3.31. The zero-order chi connectivity index (χ0) is 15.2. The molecule has 1 aromatic rings. The van der Waals surface area contributed by atoms with Gasteiger partial charge in [0.25, 0.3) is 0 Å². The smallest absolute Gasteiger partial charge is 0.212 e. The Kier molecular flexibility index (Phi) is 6.17. The Hall–Kier alpha value is -0.910. The van der Waals surface area contributed by atoms with Crippen LogP contribution in [0.2, 0.25) is 0 Å². The Morgan fingerprint density at radius 2 is 1.85 bits per heavy atom. The van der Waals surface area contributed by atoms with E-state index in [4.69, 9.17) is 5.11 Å². The molecule has 114 valence electrons. The molecule has 1 aromatic carbocycles. The molecule has 0 heterocycles. The lowest BCUT2D eigenvalue weighted by Crippen LogP contribution is -2.36. The summed E-state index contributed by atoms with van der Waals surface area (Å²) in [6.45, 7) is 6.19. The van der Waals surface area contributed by atoms with Gasteiger partial charge in [0.1, 0.15) is 0 Å². The van der Waals surface area contributed by atoms with E-state index in [2.05, 4.69) is 4.72 Å². The van der Waals surface area contributed by atoms with Gasteiger partial charge in [0.15, 0.2) is 0 Å². The van der Waals surface area contributed by atoms with Gasteiger partial charge in [0.2, 0.25) is 10.0 Å². The number of benzene rings is 1. The van der Waals surface area contributed by atoms with Crippen molar-refractivity contribution in [1.29, 1.82) is 0 Å². The second kappa shape index (κ2) is 7.20. The molecule has 0 saturated carbocycles. The number of aliphatic hydroxyl groups is 1. The molecule has 0 aromatic heterocycles. The highest BCUT2D eigenvalue weighted by atomic mass is 32.2. The van der Waals surface area contributed by atoms with Crippen LogP contribution in [-0.2, 0) is 10.0 Å². The van der Waals surface area contributed by atoms with Gasteiger partial charge < -0.3 is 5.11 Å². The van der Waals surface area contributed by atoms with Crippen LogP contribution in [0.1, 0.15) is 38.7 Å². The highest BCUT2D eigenvalue weighted by molar-refractivity contribution is 7.89. The average molecular weight is 299 g/mol. The van der Waals surface area contributed by atoms with Crippen molar-refractivity contribution in [2.45, 2.75) is 33.1 Å². The Morgan fingerprint density at radius 1 is 1.25 bits per heavy atom. The fraction of sp³-hybridized carbons (Fsp3) is 0.600. The van der Waals surface area contributed by atoms with Gasteiger partial charge in [-0.25, -0.2) is 13.1 Å². The van der Waals surface area contributed by atoms with E-state index in [-0.39, 0.29) is 23.7 Å². The topological polar surface area (TPSA) is 66.4 Å². The Bertz CT molecular complexity index is 497. The summed E-state index contributed by atoms with van der Waals surface area (Å²) in [5.41, 5.74) is 0.783. The van der Waals surface area contributed by atoms with E-state index in [1.165, 1.54) is 0 Å². The molecular weight excluding hydrogens is 274 g/mol. The van der Waals surface area contributed by atoms with E-state index < -0.39 is 10.0 Å². The van der Waals surface area contributed by atoms with Gasteiger partial charge in [-0.3, -0.25) is 0 Å². The van der Waals surface area contributed by atoms with Crippen LogP contribution in [0.3, 0.4) is 0 Å². The monoisotopic (exact) mass is 299 g/mol. The summed E-state index contributed by atoms with van der Waals surface area (Å²) in [4.78, 5) is 0. The molecule has 0 bridgehead atoms. The fourth-order valence-electron chi connectivity index (χ4n) is 1.96. The summed E-state index contributed by atoms with van der Waals surface area (Å²) < 4.78 is 26.8. The van der Waals surface area contributed by atoms with Gasteiger partial charge >= 0.3 is 0 Å². The summed E-state index contributed by atoms with van der Waals surface area (Å²) in [6, 6.07) is 9.62. The van der Waals surface area contributed by atoms with Crippen molar-refractivity contribution in [3.8, 4) is 0 Å². The molecule has 0 aliphatic rings. The molecule has 4 nitrogen and oxygen atoms in total. The molecule has 2 N–H and O–H groups in total. The van der Waals surface area contributed by atoms with Crippen LogP contribution >= 0.6 is 0 Å². The molecule has 0 amide bonds. The van der Waals surface area contributed by atoms with Crippen molar-refractivity contribution in [2.75, 3.05) is 18.9 Å². The first-order valence-corrected chi connectivity index (χ1v) is 8.54. The van der Waals surface area contributed by atoms with Gasteiger partial charge in [0.05, 0.1) is 5.75 Å². The van der Waals surface area contributed by atoms with Crippen LogP contribution in [-0.4, -0.2) is 32.4 Å². The maximum Gasteiger partial charge on any atom is 0.212 e. The van der Waals surface area contributed by atoms with Gasteiger partial charge in [-0.15, -0.1) is 0 Å². The van der Waals surface area contributed by atoms with Gasteiger partial charge in [-0.2, -0.15) is 0 Å². The molecule has 0 fully saturated rings. The van der Waals surface area contributed by atoms with Crippen molar-refractivity contribution in [1.82, 2.24) is 4.72 Å². The minimum absolute atomic E-state index is 0.0466. The standard InChI is InChI=1S/C15H25NO3S/c1-13(14-7-5-4-6-8-14)11-20(18,19)16-12-15(2,3)9-10-17/h4-8,13,16-17H,9-12H2,1-3H3. The number of sulfonamides is 1. The van der Waals surface area contributed by atoms with E-state index >= 15 is 0 Å². The normalized spacial score (nSPS) is 14.2. The van der Waals surface area contributed by atoms with Crippen molar-refractivity contribution in [3.05, 3.63) is 35.9 Å². The summed E-state index contributed by atoms with van der Waals surface area (Å²) in [7, 11) is -3.31. The minimum Gasteiger partial charge on any atom is -0.396 e. The number of nitrogens with one attached hydrogen (secondary N) is 1. The van der Waals surface area contributed by atoms with E-state index in [1.54, 1.807) is 0 Å². The first kappa shape index (κ1) is 17.1. The molecule has 20 heavy (non-hydrogen) atoms. The van der Waals surface area contributed by atoms with Crippen molar-refractivity contribution in [3.63, 3.8) is 0 Å². The van der Waals surface area contributed by atoms with E-state index in [0.717, 1.165) is 5.56 Å². The number of aliphatic hydroxyl groups excluding tert-OH is 1. The third-order valence-corrected chi connectivity index (χ3v) is 4.92. The molecule has 1 atom stereocenters. The lowest BCUT2D eigenvalue weighted by molar-refractivity contribution is 0.213. The Balaban J connectivity index is 2.58. The molecule has 0 aliphatic heterocycles. The number of hydrogen-bond acceptors (Lipinski definition) is 3. The molecular formula is C15H25NO3S. The second-order valence-electron chi connectivity index (χ2n) is 6.05. The predicted molar refractivity (Wildman–Crippen MR) is 82.1 cm³/mol. The first-order chi connectivity index (χ1) is 9.26. The third kappa shape index (κ3) is 6.03.